The third kappa shape index (κ3) is 4.75. The Morgan fingerprint density at radius 3 is 2.57 bits per heavy atom. The summed E-state index contributed by atoms with van der Waals surface area (Å²) in [4.78, 5) is 8.75. The minimum absolute atomic E-state index is 0.259. The maximum absolute atomic E-state index is 12.2. The lowest BCUT2D eigenvalue weighted by Gasteiger charge is -2.14. The summed E-state index contributed by atoms with van der Waals surface area (Å²) in [5.41, 5.74) is 0.662. The van der Waals surface area contributed by atoms with Crippen molar-refractivity contribution in [2.45, 2.75) is 51.6 Å². The first-order valence-electron chi connectivity index (χ1n) is 7.22. The number of rotatable bonds is 7. The van der Waals surface area contributed by atoms with Gasteiger partial charge in [0.2, 0.25) is 5.88 Å². The lowest BCUT2D eigenvalue weighted by atomic mass is 10.3. The molecule has 7 heteroatoms. The molecule has 0 radical (unpaired) electrons. The van der Waals surface area contributed by atoms with E-state index in [-0.39, 0.29) is 5.88 Å². The van der Waals surface area contributed by atoms with Crippen molar-refractivity contribution in [3.63, 3.8) is 0 Å². The molecule has 1 aromatic rings. The summed E-state index contributed by atoms with van der Waals surface area (Å²) in [5.74, 6) is 1.91. The van der Waals surface area contributed by atoms with Crippen LogP contribution in [0.5, 0.6) is 5.88 Å². The predicted octanol–water partition coefficient (Wildman–Crippen LogP) is 3.82. The number of anilines is 1. The Hall–Kier alpha value is -1.53. The molecule has 1 aliphatic rings. The van der Waals surface area contributed by atoms with Crippen LogP contribution in [0.25, 0.3) is 0 Å². The summed E-state index contributed by atoms with van der Waals surface area (Å²) in [6, 6.07) is 0. The molecule has 1 fully saturated rings. The average Bonchev–Trinajstić information content (AvgIpc) is 3.22. The Balaban J connectivity index is 2.11. The van der Waals surface area contributed by atoms with Crippen LogP contribution in [0.2, 0.25) is 0 Å². The van der Waals surface area contributed by atoms with Gasteiger partial charge >= 0.3 is 6.18 Å². The van der Waals surface area contributed by atoms with Gasteiger partial charge in [0.25, 0.3) is 0 Å². The number of ether oxygens (including phenoxy) is 1. The Labute approximate surface area is 122 Å². The molecule has 0 aromatic carbocycles. The van der Waals surface area contributed by atoms with Crippen molar-refractivity contribution < 1.29 is 17.9 Å². The van der Waals surface area contributed by atoms with E-state index < -0.39 is 19.2 Å². The maximum Gasteiger partial charge on any atom is 0.392 e. The molecule has 0 saturated heterocycles. The standard InChI is InChI=1S/C14H20F3N3O/c1-3-7-18-11-9(2)13(21-8-6-14(15,16)17)20-12(19-11)10-4-5-10/h10H,3-8H2,1-2H3,(H,18,19,20). The van der Waals surface area contributed by atoms with Gasteiger partial charge in [0.05, 0.1) is 18.6 Å². The van der Waals surface area contributed by atoms with E-state index >= 15 is 0 Å². The van der Waals surface area contributed by atoms with Gasteiger partial charge in [0, 0.05) is 12.5 Å². The SMILES string of the molecule is CCCNc1nc(C2CC2)nc(OCCC(F)(F)F)c1C. The first kappa shape index (κ1) is 15.9. The van der Waals surface area contributed by atoms with Crippen LogP contribution in [0.15, 0.2) is 0 Å². The third-order valence-electron chi connectivity index (χ3n) is 3.23. The van der Waals surface area contributed by atoms with Gasteiger partial charge in [-0.15, -0.1) is 0 Å². The predicted molar refractivity (Wildman–Crippen MR) is 73.7 cm³/mol. The molecule has 0 spiro atoms. The fraction of sp³-hybridized carbons (Fsp3) is 0.714. The zero-order valence-corrected chi connectivity index (χ0v) is 12.3. The second-order valence-electron chi connectivity index (χ2n) is 5.28. The largest absolute Gasteiger partial charge is 0.477 e. The summed E-state index contributed by atoms with van der Waals surface area (Å²) in [7, 11) is 0. The van der Waals surface area contributed by atoms with Crippen molar-refractivity contribution in [3.8, 4) is 5.88 Å². The topological polar surface area (TPSA) is 47.0 Å². The van der Waals surface area contributed by atoms with Crippen molar-refractivity contribution in [3.05, 3.63) is 11.4 Å². The Kier molecular flexibility index (Phi) is 4.90. The Morgan fingerprint density at radius 2 is 2.00 bits per heavy atom. The fourth-order valence-electron chi connectivity index (χ4n) is 1.86. The van der Waals surface area contributed by atoms with Crippen LogP contribution < -0.4 is 10.1 Å². The summed E-state index contributed by atoms with van der Waals surface area (Å²) in [6.07, 6.45) is -2.21. The molecule has 0 aliphatic heterocycles. The van der Waals surface area contributed by atoms with Gasteiger partial charge < -0.3 is 10.1 Å². The van der Waals surface area contributed by atoms with Crippen molar-refractivity contribution in [1.82, 2.24) is 9.97 Å². The molecule has 0 amide bonds. The minimum atomic E-state index is -4.22. The monoisotopic (exact) mass is 303 g/mol. The maximum atomic E-state index is 12.2. The molecule has 0 bridgehead atoms. The number of aromatic nitrogens is 2. The van der Waals surface area contributed by atoms with Crippen LogP contribution in [-0.2, 0) is 0 Å². The van der Waals surface area contributed by atoms with Crippen molar-refractivity contribution in [1.29, 1.82) is 0 Å². The molecule has 0 atom stereocenters. The molecule has 1 heterocycles. The molecule has 1 aliphatic carbocycles. The molecule has 1 saturated carbocycles. The zero-order valence-electron chi connectivity index (χ0n) is 12.3. The molecular weight excluding hydrogens is 283 g/mol. The van der Waals surface area contributed by atoms with Crippen LogP contribution in [0, 0.1) is 6.92 Å². The molecule has 118 valence electrons. The number of hydrogen-bond acceptors (Lipinski definition) is 4. The second kappa shape index (κ2) is 6.49. The molecule has 0 unspecified atom stereocenters. The van der Waals surface area contributed by atoms with Gasteiger partial charge in [-0.05, 0) is 26.2 Å². The van der Waals surface area contributed by atoms with E-state index in [1.807, 2.05) is 6.92 Å². The van der Waals surface area contributed by atoms with Gasteiger partial charge in [-0.25, -0.2) is 4.98 Å². The van der Waals surface area contributed by atoms with Gasteiger partial charge in [-0.1, -0.05) is 6.92 Å². The van der Waals surface area contributed by atoms with Crippen molar-refractivity contribution >= 4 is 5.82 Å². The number of hydrogen-bond donors (Lipinski definition) is 1. The van der Waals surface area contributed by atoms with Crippen LogP contribution in [0.1, 0.15) is 49.9 Å². The van der Waals surface area contributed by atoms with E-state index in [1.54, 1.807) is 6.92 Å². The Bertz CT molecular complexity index is 487. The number of nitrogens with zero attached hydrogens (tertiary/aromatic N) is 2. The lowest BCUT2D eigenvalue weighted by molar-refractivity contribution is -0.139. The highest BCUT2D eigenvalue weighted by Crippen LogP contribution is 2.40. The lowest BCUT2D eigenvalue weighted by Crippen LogP contribution is -2.15. The third-order valence-corrected chi connectivity index (χ3v) is 3.23. The quantitative estimate of drug-likeness (QED) is 0.832. The van der Waals surface area contributed by atoms with Crippen molar-refractivity contribution in [2.24, 2.45) is 0 Å². The van der Waals surface area contributed by atoms with Gasteiger partial charge in [0.15, 0.2) is 0 Å². The molecule has 21 heavy (non-hydrogen) atoms. The zero-order chi connectivity index (χ0) is 15.5. The van der Waals surface area contributed by atoms with Crippen LogP contribution in [0.3, 0.4) is 0 Å². The number of halogens is 3. The first-order chi connectivity index (χ1) is 9.90. The highest BCUT2D eigenvalue weighted by Gasteiger charge is 2.30. The van der Waals surface area contributed by atoms with Crippen LogP contribution in [-0.4, -0.2) is 29.3 Å². The molecule has 4 nitrogen and oxygen atoms in total. The van der Waals surface area contributed by atoms with Gasteiger partial charge in [-0.2, -0.15) is 18.2 Å². The molecule has 1 aromatic heterocycles. The van der Waals surface area contributed by atoms with E-state index in [0.717, 1.165) is 25.8 Å². The summed E-state index contributed by atoms with van der Waals surface area (Å²) >= 11 is 0. The van der Waals surface area contributed by atoms with Crippen LogP contribution >= 0.6 is 0 Å². The van der Waals surface area contributed by atoms with Crippen molar-refractivity contribution in [2.75, 3.05) is 18.5 Å². The fourth-order valence-corrected chi connectivity index (χ4v) is 1.86. The van der Waals surface area contributed by atoms with E-state index in [9.17, 15) is 13.2 Å². The summed E-state index contributed by atoms with van der Waals surface area (Å²) in [5, 5.41) is 3.18. The molecule has 2 rings (SSSR count). The normalized spacial score (nSPS) is 15.1. The summed E-state index contributed by atoms with van der Waals surface area (Å²) < 4.78 is 41.8. The summed E-state index contributed by atoms with van der Waals surface area (Å²) in [6.45, 7) is 4.13. The van der Waals surface area contributed by atoms with E-state index in [1.165, 1.54) is 0 Å². The highest BCUT2D eigenvalue weighted by molar-refractivity contribution is 5.49. The molecular formula is C14H20F3N3O. The smallest absolute Gasteiger partial charge is 0.392 e. The van der Waals surface area contributed by atoms with E-state index in [0.29, 0.717) is 23.1 Å². The minimum Gasteiger partial charge on any atom is -0.477 e. The number of nitrogens with one attached hydrogen (secondary N) is 1. The Morgan fingerprint density at radius 1 is 1.29 bits per heavy atom. The highest BCUT2D eigenvalue weighted by atomic mass is 19.4. The van der Waals surface area contributed by atoms with Gasteiger partial charge in [0.1, 0.15) is 11.6 Å². The van der Waals surface area contributed by atoms with Gasteiger partial charge in [-0.3, -0.25) is 0 Å². The van der Waals surface area contributed by atoms with Crippen LogP contribution in [0.4, 0.5) is 19.0 Å². The van der Waals surface area contributed by atoms with E-state index in [4.69, 9.17) is 4.74 Å². The second-order valence-corrected chi connectivity index (χ2v) is 5.28. The number of alkyl halides is 3. The van der Waals surface area contributed by atoms with E-state index in [2.05, 4.69) is 15.3 Å². The molecule has 1 N–H and O–H groups in total. The first-order valence-corrected chi connectivity index (χ1v) is 7.22. The average molecular weight is 303 g/mol.